The summed E-state index contributed by atoms with van der Waals surface area (Å²) in [6.45, 7) is 4.33. The van der Waals surface area contributed by atoms with Gasteiger partial charge in [0.2, 0.25) is 0 Å². The number of amides is 1. The minimum Gasteiger partial charge on any atom is -0.492 e. The van der Waals surface area contributed by atoms with Gasteiger partial charge in [-0.2, -0.15) is 0 Å². The van der Waals surface area contributed by atoms with Crippen LogP contribution in [0.15, 0.2) is 40.9 Å². The number of benzene rings is 2. The van der Waals surface area contributed by atoms with Gasteiger partial charge in [-0.25, -0.2) is 0 Å². The zero-order valence-electron chi connectivity index (χ0n) is 11.7. The van der Waals surface area contributed by atoms with Gasteiger partial charge in [-0.15, -0.1) is 0 Å². The van der Waals surface area contributed by atoms with Gasteiger partial charge < -0.3 is 10.1 Å². The quantitative estimate of drug-likeness (QED) is 0.819. The van der Waals surface area contributed by atoms with Crippen LogP contribution in [0.1, 0.15) is 22.8 Å². The summed E-state index contributed by atoms with van der Waals surface area (Å²) in [5.74, 6) is 0.435. The average molecular weight is 369 g/mol. The van der Waals surface area contributed by atoms with Crippen LogP contribution in [-0.2, 0) is 0 Å². The highest BCUT2D eigenvalue weighted by molar-refractivity contribution is 9.10. The van der Waals surface area contributed by atoms with Gasteiger partial charge in [-0.1, -0.05) is 33.6 Å². The monoisotopic (exact) mass is 367 g/mol. The Bertz CT molecular complexity index is 673. The number of nitrogens with one attached hydrogen (secondary N) is 1. The lowest BCUT2D eigenvalue weighted by molar-refractivity contribution is 0.102. The van der Waals surface area contributed by atoms with Gasteiger partial charge in [0.15, 0.2) is 0 Å². The SMILES string of the molecule is CCOc1ccc(NC(=O)c2cc(Br)ccc2C)cc1Cl. The molecular weight excluding hydrogens is 354 g/mol. The second kappa shape index (κ2) is 6.96. The molecule has 21 heavy (non-hydrogen) atoms. The minimum absolute atomic E-state index is 0.172. The summed E-state index contributed by atoms with van der Waals surface area (Å²) in [7, 11) is 0. The molecule has 0 saturated carbocycles. The van der Waals surface area contributed by atoms with Crippen molar-refractivity contribution >= 4 is 39.1 Å². The van der Waals surface area contributed by atoms with Gasteiger partial charge in [0.25, 0.3) is 5.91 Å². The summed E-state index contributed by atoms with van der Waals surface area (Å²) in [6, 6.07) is 10.8. The van der Waals surface area contributed by atoms with Crippen molar-refractivity contribution in [3.63, 3.8) is 0 Å². The molecule has 0 radical (unpaired) electrons. The fourth-order valence-electron chi connectivity index (χ4n) is 1.89. The standard InChI is InChI=1S/C16H15BrClNO2/c1-3-21-15-7-6-12(9-14(15)18)19-16(20)13-8-11(17)5-4-10(13)2/h4-9H,3H2,1-2H3,(H,19,20). The summed E-state index contributed by atoms with van der Waals surface area (Å²) < 4.78 is 6.23. The van der Waals surface area contributed by atoms with Crippen LogP contribution in [0.5, 0.6) is 5.75 Å². The summed E-state index contributed by atoms with van der Waals surface area (Å²) in [6.07, 6.45) is 0. The highest BCUT2D eigenvalue weighted by atomic mass is 79.9. The van der Waals surface area contributed by atoms with E-state index in [4.69, 9.17) is 16.3 Å². The lowest BCUT2D eigenvalue weighted by Gasteiger charge is -2.10. The second-order valence-corrected chi connectivity index (χ2v) is 5.81. The molecule has 0 aliphatic rings. The van der Waals surface area contributed by atoms with Crippen LogP contribution in [0.4, 0.5) is 5.69 Å². The normalized spacial score (nSPS) is 10.3. The van der Waals surface area contributed by atoms with Crippen LogP contribution >= 0.6 is 27.5 Å². The Hall–Kier alpha value is -1.52. The van der Waals surface area contributed by atoms with E-state index in [1.165, 1.54) is 0 Å². The molecule has 2 aromatic rings. The number of hydrogen-bond donors (Lipinski definition) is 1. The molecule has 2 aromatic carbocycles. The molecule has 1 N–H and O–H groups in total. The van der Waals surface area contributed by atoms with E-state index in [0.29, 0.717) is 28.6 Å². The molecule has 0 unspecified atom stereocenters. The molecule has 2 rings (SSSR count). The number of rotatable bonds is 4. The number of ether oxygens (including phenoxy) is 1. The molecule has 3 nitrogen and oxygen atoms in total. The van der Waals surface area contributed by atoms with Crippen LogP contribution in [0, 0.1) is 6.92 Å². The fourth-order valence-corrected chi connectivity index (χ4v) is 2.48. The van der Waals surface area contributed by atoms with Crippen molar-refractivity contribution in [1.82, 2.24) is 0 Å². The Kier molecular flexibility index (Phi) is 5.26. The largest absolute Gasteiger partial charge is 0.492 e. The van der Waals surface area contributed by atoms with E-state index in [1.807, 2.05) is 26.0 Å². The number of carbonyl (C=O) groups excluding carboxylic acids is 1. The molecular formula is C16H15BrClNO2. The van der Waals surface area contributed by atoms with E-state index >= 15 is 0 Å². The third-order valence-corrected chi connectivity index (χ3v) is 3.72. The van der Waals surface area contributed by atoms with Gasteiger partial charge in [-0.05, 0) is 49.7 Å². The smallest absolute Gasteiger partial charge is 0.255 e. The molecule has 0 spiro atoms. The van der Waals surface area contributed by atoms with E-state index < -0.39 is 0 Å². The van der Waals surface area contributed by atoms with E-state index in [9.17, 15) is 4.79 Å². The molecule has 0 fully saturated rings. The van der Waals surface area contributed by atoms with Crippen molar-refractivity contribution in [3.8, 4) is 5.75 Å². The molecule has 0 atom stereocenters. The zero-order chi connectivity index (χ0) is 15.4. The first-order valence-electron chi connectivity index (χ1n) is 6.51. The summed E-state index contributed by atoms with van der Waals surface area (Å²) in [5.41, 5.74) is 2.16. The van der Waals surface area contributed by atoms with Crippen LogP contribution in [0.2, 0.25) is 5.02 Å². The number of carbonyl (C=O) groups is 1. The van der Waals surface area contributed by atoms with Crippen LogP contribution in [0.25, 0.3) is 0 Å². The van der Waals surface area contributed by atoms with E-state index in [-0.39, 0.29) is 5.91 Å². The Labute approximate surface area is 137 Å². The van der Waals surface area contributed by atoms with E-state index in [0.717, 1.165) is 10.0 Å². The fraction of sp³-hybridized carbons (Fsp3) is 0.188. The van der Waals surface area contributed by atoms with Crippen molar-refractivity contribution in [2.24, 2.45) is 0 Å². The third-order valence-electron chi connectivity index (χ3n) is 2.93. The van der Waals surface area contributed by atoms with Crippen molar-refractivity contribution < 1.29 is 9.53 Å². The number of anilines is 1. The molecule has 0 aliphatic heterocycles. The van der Waals surface area contributed by atoms with E-state index in [2.05, 4.69) is 21.2 Å². The summed E-state index contributed by atoms with van der Waals surface area (Å²) in [4.78, 5) is 12.3. The first-order valence-corrected chi connectivity index (χ1v) is 7.68. The molecule has 0 aromatic heterocycles. The number of hydrogen-bond acceptors (Lipinski definition) is 2. The highest BCUT2D eigenvalue weighted by Crippen LogP contribution is 2.28. The van der Waals surface area contributed by atoms with Gasteiger partial charge in [0, 0.05) is 15.7 Å². The molecule has 0 heterocycles. The molecule has 0 bridgehead atoms. The summed E-state index contributed by atoms with van der Waals surface area (Å²) >= 11 is 9.48. The highest BCUT2D eigenvalue weighted by Gasteiger charge is 2.11. The third kappa shape index (κ3) is 3.99. The Balaban J connectivity index is 2.19. The Morgan fingerprint density at radius 3 is 2.71 bits per heavy atom. The maximum absolute atomic E-state index is 12.3. The molecule has 110 valence electrons. The van der Waals surface area contributed by atoms with Crippen molar-refractivity contribution in [3.05, 3.63) is 57.0 Å². The lowest BCUT2D eigenvalue weighted by atomic mass is 10.1. The predicted octanol–water partition coefficient (Wildman–Crippen LogP) is 5.06. The maximum atomic E-state index is 12.3. The topological polar surface area (TPSA) is 38.3 Å². The van der Waals surface area contributed by atoms with Crippen LogP contribution < -0.4 is 10.1 Å². The average Bonchev–Trinajstić information content (AvgIpc) is 2.44. The van der Waals surface area contributed by atoms with Crippen molar-refractivity contribution in [1.29, 1.82) is 0 Å². The first-order chi connectivity index (χ1) is 10.0. The van der Waals surface area contributed by atoms with Crippen LogP contribution in [0.3, 0.4) is 0 Å². The van der Waals surface area contributed by atoms with Crippen molar-refractivity contribution in [2.75, 3.05) is 11.9 Å². The Morgan fingerprint density at radius 1 is 1.29 bits per heavy atom. The minimum atomic E-state index is -0.172. The summed E-state index contributed by atoms with van der Waals surface area (Å²) in [5, 5.41) is 3.31. The number of halogens is 2. The Morgan fingerprint density at radius 2 is 2.05 bits per heavy atom. The lowest BCUT2D eigenvalue weighted by Crippen LogP contribution is -2.13. The second-order valence-electron chi connectivity index (χ2n) is 4.49. The zero-order valence-corrected chi connectivity index (χ0v) is 14.1. The first kappa shape index (κ1) is 15.9. The number of aryl methyl sites for hydroxylation is 1. The maximum Gasteiger partial charge on any atom is 0.255 e. The van der Waals surface area contributed by atoms with Gasteiger partial charge in [0.05, 0.1) is 11.6 Å². The molecule has 0 aliphatic carbocycles. The molecule has 5 heteroatoms. The van der Waals surface area contributed by atoms with Gasteiger partial charge >= 0.3 is 0 Å². The van der Waals surface area contributed by atoms with Gasteiger partial charge in [0.1, 0.15) is 5.75 Å². The van der Waals surface area contributed by atoms with Gasteiger partial charge in [-0.3, -0.25) is 4.79 Å². The predicted molar refractivity (Wildman–Crippen MR) is 89.5 cm³/mol. The molecule has 1 amide bonds. The van der Waals surface area contributed by atoms with Crippen LogP contribution in [-0.4, -0.2) is 12.5 Å². The van der Waals surface area contributed by atoms with E-state index in [1.54, 1.807) is 24.3 Å². The molecule has 0 saturated heterocycles. The van der Waals surface area contributed by atoms with Crippen molar-refractivity contribution in [2.45, 2.75) is 13.8 Å².